The van der Waals surface area contributed by atoms with Crippen LogP contribution in [-0.2, 0) is 37.5 Å². The standard InChI is InChI=1S/C46H78NO9P/c1-6-8-10-11-12-13-14-15-16-17-18-19-20-23-26-29-33-37-45(49)53-41-44(42-55-57(51,52)54-40-39-47(3,4)5)56-46(50)38-34-30-27-24-21-22-25-28-32-36-43(48)35-31-9-7-2/h8,10,12-13,15-16,18-19,25,28,32,36,44H,6-7,9,11,14,17,20-24,26-27,29-31,33-35,37-42H2,1-5H3/p+1/b10-8-,13-12-,16-15-,19-18-,28-25-,36-32+/t44-/m1/s1. The normalized spacial score (nSPS) is 14.2. The van der Waals surface area contributed by atoms with Crippen molar-refractivity contribution >= 4 is 25.5 Å². The summed E-state index contributed by atoms with van der Waals surface area (Å²) in [6.45, 7) is 4.04. The summed E-state index contributed by atoms with van der Waals surface area (Å²) in [6.07, 6.45) is 42.1. The van der Waals surface area contributed by atoms with Gasteiger partial charge in [-0.1, -0.05) is 126 Å². The Bertz CT molecular complexity index is 1260. The first-order valence-electron chi connectivity index (χ1n) is 21.6. The molecule has 0 aliphatic carbocycles. The van der Waals surface area contributed by atoms with Gasteiger partial charge in [0, 0.05) is 19.3 Å². The van der Waals surface area contributed by atoms with Crippen LogP contribution in [-0.4, -0.2) is 80.7 Å². The summed E-state index contributed by atoms with van der Waals surface area (Å²) in [5.41, 5.74) is 0. The van der Waals surface area contributed by atoms with Gasteiger partial charge < -0.3 is 18.9 Å². The van der Waals surface area contributed by atoms with Crippen molar-refractivity contribution in [1.29, 1.82) is 0 Å². The van der Waals surface area contributed by atoms with Crippen LogP contribution in [0.15, 0.2) is 72.9 Å². The second kappa shape index (κ2) is 37.4. The molecule has 0 fully saturated rings. The first kappa shape index (κ1) is 54.1. The van der Waals surface area contributed by atoms with Crippen molar-refractivity contribution in [2.45, 2.75) is 155 Å². The van der Waals surface area contributed by atoms with E-state index >= 15 is 0 Å². The number of phosphoric ester groups is 1. The highest BCUT2D eigenvalue weighted by Gasteiger charge is 2.27. The van der Waals surface area contributed by atoms with Crippen molar-refractivity contribution in [3.63, 3.8) is 0 Å². The van der Waals surface area contributed by atoms with Crippen LogP contribution in [0.5, 0.6) is 0 Å². The minimum atomic E-state index is -4.41. The largest absolute Gasteiger partial charge is 0.472 e. The van der Waals surface area contributed by atoms with Crippen molar-refractivity contribution < 1.29 is 46.8 Å². The number of nitrogens with zero attached hydrogens (tertiary/aromatic N) is 1. The third-order valence-electron chi connectivity index (χ3n) is 8.70. The highest BCUT2D eigenvalue weighted by Crippen LogP contribution is 2.43. The summed E-state index contributed by atoms with van der Waals surface area (Å²) in [5, 5.41) is 0. The number of quaternary nitrogens is 1. The zero-order valence-electron chi connectivity index (χ0n) is 36.3. The van der Waals surface area contributed by atoms with Gasteiger partial charge >= 0.3 is 19.8 Å². The number of carbonyl (C=O) groups excluding carboxylic acids is 3. The molecule has 0 radical (unpaired) electrons. The van der Waals surface area contributed by atoms with Crippen LogP contribution in [0.3, 0.4) is 0 Å². The number of hydrogen-bond acceptors (Lipinski definition) is 8. The van der Waals surface area contributed by atoms with E-state index in [9.17, 15) is 23.8 Å². The fourth-order valence-corrected chi connectivity index (χ4v) is 6.02. The van der Waals surface area contributed by atoms with Crippen LogP contribution in [0, 0.1) is 0 Å². The van der Waals surface area contributed by atoms with E-state index in [1.165, 1.54) is 0 Å². The van der Waals surface area contributed by atoms with E-state index in [2.05, 4.69) is 68.5 Å². The van der Waals surface area contributed by atoms with Gasteiger partial charge in [-0.15, -0.1) is 0 Å². The average Bonchev–Trinajstić information content (AvgIpc) is 3.15. The SMILES string of the molecule is CC/C=C\C/C=C\C/C=C\C/C=C\CCCCCCC(=O)OC[C@H](COP(=O)(O)OCC[N+](C)(C)C)OC(=O)CCCCCCC/C=C\C=C\C(=O)CCCCC. The number of rotatable bonds is 38. The number of ether oxygens (including phenoxy) is 2. The zero-order valence-corrected chi connectivity index (χ0v) is 37.2. The Balaban J connectivity index is 4.50. The van der Waals surface area contributed by atoms with Crippen LogP contribution >= 0.6 is 7.82 Å². The smallest absolute Gasteiger partial charge is 0.462 e. The number of ketones is 1. The number of phosphoric acid groups is 1. The van der Waals surface area contributed by atoms with Crippen molar-refractivity contribution in [2.24, 2.45) is 0 Å². The lowest BCUT2D eigenvalue weighted by atomic mass is 10.1. The van der Waals surface area contributed by atoms with Gasteiger partial charge in [0.15, 0.2) is 11.9 Å². The number of unbranched alkanes of at least 4 members (excludes halogenated alkanes) is 11. The Morgan fingerprint density at radius 3 is 1.77 bits per heavy atom. The molecular weight excluding hydrogens is 741 g/mol. The second-order valence-corrected chi connectivity index (χ2v) is 16.8. The van der Waals surface area contributed by atoms with Crippen molar-refractivity contribution in [3.8, 4) is 0 Å². The maximum Gasteiger partial charge on any atom is 0.472 e. The first-order valence-corrected chi connectivity index (χ1v) is 23.1. The molecule has 0 aromatic rings. The summed E-state index contributed by atoms with van der Waals surface area (Å²) in [5.74, 6) is -0.723. The lowest BCUT2D eigenvalue weighted by molar-refractivity contribution is -0.870. The first-order chi connectivity index (χ1) is 27.4. The molecule has 0 aromatic carbocycles. The molecule has 11 heteroatoms. The summed E-state index contributed by atoms with van der Waals surface area (Å²) in [7, 11) is 1.39. The fraction of sp³-hybridized carbons (Fsp3) is 0.674. The fourth-order valence-electron chi connectivity index (χ4n) is 5.28. The number of carbonyl (C=O) groups is 3. The summed E-state index contributed by atoms with van der Waals surface area (Å²) in [4.78, 5) is 47.1. The Hall–Kier alpha value is -2.88. The topological polar surface area (TPSA) is 125 Å². The summed E-state index contributed by atoms with van der Waals surface area (Å²) >= 11 is 0. The number of hydrogen-bond donors (Lipinski definition) is 1. The van der Waals surface area contributed by atoms with E-state index in [0.29, 0.717) is 30.3 Å². The predicted octanol–water partition coefficient (Wildman–Crippen LogP) is 11.4. The minimum absolute atomic E-state index is 0.00764. The van der Waals surface area contributed by atoms with Crippen LogP contribution in [0.2, 0.25) is 0 Å². The van der Waals surface area contributed by atoms with Gasteiger partial charge in [-0.3, -0.25) is 23.4 Å². The van der Waals surface area contributed by atoms with E-state index in [4.69, 9.17) is 18.5 Å². The van der Waals surface area contributed by atoms with E-state index in [1.54, 1.807) is 6.08 Å². The van der Waals surface area contributed by atoms with E-state index < -0.39 is 32.5 Å². The molecular formula is C46H79NO9P+. The van der Waals surface area contributed by atoms with Gasteiger partial charge in [0.2, 0.25) is 0 Å². The monoisotopic (exact) mass is 821 g/mol. The number of allylic oxidation sites excluding steroid dienone is 12. The maximum atomic E-state index is 12.7. The Kier molecular flexibility index (Phi) is 35.5. The molecule has 0 saturated heterocycles. The molecule has 1 N–H and O–H groups in total. The predicted molar refractivity (Wildman–Crippen MR) is 234 cm³/mol. The molecule has 0 heterocycles. The van der Waals surface area contributed by atoms with E-state index in [1.807, 2.05) is 33.3 Å². The number of esters is 2. The second-order valence-electron chi connectivity index (χ2n) is 15.4. The molecule has 57 heavy (non-hydrogen) atoms. The molecule has 0 aliphatic rings. The van der Waals surface area contributed by atoms with Crippen LogP contribution in [0.25, 0.3) is 0 Å². The van der Waals surface area contributed by atoms with Gasteiger partial charge in [-0.05, 0) is 76.7 Å². The van der Waals surface area contributed by atoms with Gasteiger partial charge in [0.25, 0.3) is 0 Å². The molecule has 0 amide bonds. The van der Waals surface area contributed by atoms with Crippen molar-refractivity contribution in [2.75, 3.05) is 47.5 Å². The molecule has 0 rings (SSSR count). The van der Waals surface area contributed by atoms with Gasteiger partial charge in [-0.25, -0.2) is 4.57 Å². The molecule has 0 aliphatic heterocycles. The summed E-state index contributed by atoms with van der Waals surface area (Å²) in [6, 6.07) is 0. The van der Waals surface area contributed by atoms with E-state index in [-0.39, 0.29) is 31.8 Å². The Morgan fingerprint density at radius 1 is 0.614 bits per heavy atom. The van der Waals surface area contributed by atoms with E-state index in [0.717, 1.165) is 103 Å². The third kappa shape index (κ3) is 41.1. The lowest BCUT2D eigenvalue weighted by Crippen LogP contribution is -2.37. The highest BCUT2D eigenvalue weighted by atomic mass is 31.2. The van der Waals surface area contributed by atoms with Crippen LogP contribution in [0.1, 0.15) is 149 Å². The molecule has 0 spiro atoms. The third-order valence-corrected chi connectivity index (χ3v) is 9.68. The van der Waals surface area contributed by atoms with Crippen LogP contribution < -0.4 is 0 Å². The molecule has 0 saturated carbocycles. The maximum absolute atomic E-state index is 12.7. The molecule has 1 unspecified atom stereocenters. The number of likely N-dealkylation sites (N-methyl/N-ethyl adjacent to an activating group) is 1. The highest BCUT2D eigenvalue weighted by molar-refractivity contribution is 7.47. The van der Waals surface area contributed by atoms with Gasteiger partial charge in [0.1, 0.15) is 19.8 Å². The summed E-state index contributed by atoms with van der Waals surface area (Å²) < 4.78 is 34.2. The molecule has 0 aromatic heterocycles. The van der Waals surface area contributed by atoms with Crippen molar-refractivity contribution in [1.82, 2.24) is 0 Å². The van der Waals surface area contributed by atoms with Gasteiger partial charge in [-0.2, -0.15) is 0 Å². The minimum Gasteiger partial charge on any atom is -0.462 e. The van der Waals surface area contributed by atoms with Crippen LogP contribution in [0.4, 0.5) is 0 Å². The molecule has 2 atom stereocenters. The quantitative estimate of drug-likeness (QED) is 0.0123. The van der Waals surface area contributed by atoms with Gasteiger partial charge in [0.05, 0.1) is 27.7 Å². The molecule has 10 nitrogen and oxygen atoms in total. The lowest BCUT2D eigenvalue weighted by Gasteiger charge is -2.24. The Labute approximate surface area is 346 Å². The van der Waals surface area contributed by atoms with Crippen molar-refractivity contribution in [3.05, 3.63) is 72.9 Å². The molecule has 326 valence electrons. The molecule has 0 bridgehead atoms. The average molecular weight is 821 g/mol. The zero-order chi connectivity index (χ0) is 42.3. The Morgan fingerprint density at radius 2 is 1.16 bits per heavy atom.